The molecular weight excluding hydrogens is 533 g/mol. The predicted octanol–water partition coefficient (Wildman–Crippen LogP) is 4.47. The van der Waals surface area contributed by atoms with Crippen LogP contribution in [-0.4, -0.2) is 55.8 Å². The maximum atomic E-state index is 13.2. The summed E-state index contributed by atoms with van der Waals surface area (Å²) in [5.41, 5.74) is 0.939. The number of carboxylic acid groups (broad SMARTS) is 1. The van der Waals surface area contributed by atoms with E-state index in [-0.39, 0.29) is 28.5 Å². The Morgan fingerprint density at radius 2 is 1.85 bits per heavy atom. The largest absolute Gasteiger partial charge is 0.490 e. The fourth-order valence-electron chi connectivity index (χ4n) is 4.84. The highest BCUT2D eigenvalue weighted by molar-refractivity contribution is 6.08. The number of fused-ring (bicyclic) bond motifs is 4. The summed E-state index contributed by atoms with van der Waals surface area (Å²) >= 11 is 0. The van der Waals surface area contributed by atoms with Crippen LogP contribution in [0.3, 0.4) is 0 Å². The number of aryl methyl sites for hydroxylation is 1. The molecule has 1 amide bonds. The molecule has 3 aliphatic rings. The molecule has 2 aliphatic heterocycles. The SMILES string of the molecule is CC(C)Oc1cc2nn(C34CCC(C)(CC3)OC4)cc2cc1C(=O)Nc1cccn(C)c1=O.O=C(O)C(F)(F)F. The van der Waals surface area contributed by atoms with E-state index in [1.165, 1.54) is 4.57 Å². The molecule has 216 valence electrons. The number of carbonyl (C=O) groups excluding carboxylic acids is 1. The van der Waals surface area contributed by atoms with Gasteiger partial charge in [-0.15, -0.1) is 0 Å². The number of rotatable bonds is 5. The minimum Gasteiger partial charge on any atom is -0.490 e. The predicted molar refractivity (Wildman–Crippen MR) is 140 cm³/mol. The minimum atomic E-state index is -5.08. The van der Waals surface area contributed by atoms with Gasteiger partial charge in [-0.3, -0.25) is 14.3 Å². The Kier molecular flexibility index (Phi) is 7.72. The third-order valence-corrected chi connectivity index (χ3v) is 7.24. The fourth-order valence-corrected chi connectivity index (χ4v) is 4.84. The molecule has 10 nitrogen and oxygen atoms in total. The van der Waals surface area contributed by atoms with E-state index in [9.17, 15) is 22.8 Å². The molecule has 0 radical (unpaired) electrons. The number of hydrogen-bond donors (Lipinski definition) is 2. The van der Waals surface area contributed by atoms with Gasteiger partial charge in [0, 0.05) is 30.9 Å². The van der Waals surface area contributed by atoms with E-state index in [0.717, 1.165) is 36.6 Å². The van der Waals surface area contributed by atoms with Crippen LogP contribution in [0.25, 0.3) is 10.9 Å². The lowest BCUT2D eigenvalue weighted by molar-refractivity contribution is -0.192. The topological polar surface area (TPSA) is 125 Å². The van der Waals surface area contributed by atoms with E-state index in [2.05, 4.69) is 12.2 Å². The number of carboxylic acids is 1. The second-order valence-electron chi connectivity index (χ2n) is 10.7. The summed E-state index contributed by atoms with van der Waals surface area (Å²) in [6, 6.07) is 6.93. The Balaban J connectivity index is 0.000000470. The summed E-state index contributed by atoms with van der Waals surface area (Å²) in [4.78, 5) is 34.5. The Labute approximate surface area is 227 Å². The molecule has 1 aromatic carbocycles. The van der Waals surface area contributed by atoms with Crippen LogP contribution in [0.4, 0.5) is 18.9 Å². The summed E-state index contributed by atoms with van der Waals surface area (Å²) in [6.07, 6.45) is 2.53. The quantitative estimate of drug-likeness (QED) is 0.469. The van der Waals surface area contributed by atoms with Crippen molar-refractivity contribution in [1.29, 1.82) is 0 Å². The molecule has 1 aliphatic carbocycles. The molecular formula is C27H31F3N4O6. The molecule has 3 aromatic rings. The first kappa shape index (κ1) is 29.1. The third kappa shape index (κ3) is 5.98. The lowest BCUT2D eigenvalue weighted by Crippen LogP contribution is -2.54. The lowest BCUT2D eigenvalue weighted by Gasteiger charge is -2.51. The zero-order chi connectivity index (χ0) is 29.5. The monoisotopic (exact) mass is 564 g/mol. The average Bonchev–Trinajstić information content (AvgIpc) is 3.30. The van der Waals surface area contributed by atoms with E-state index in [4.69, 9.17) is 24.5 Å². The number of benzene rings is 1. The zero-order valence-corrected chi connectivity index (χ0v) is 22.5. The molecule has 2 saturated heterocycles. The summed E-state index contributed by atoms with van der Waals surface area (Å²) in [5, 5.41) is 15.6. The molecule has 6 rings (SSSR count). The first-order chi connectivity index (χ1) is 18.6. The maximum Gasteiger partial charge on any atom is 0.490 e. The lowest BCUT2D eigenvalue weighted by atomic mass is 9.72. The van der Waals surface area contributed by atoms with Crippen LogP contribution in [0.5, 0.6) is 5.75 Å². The first-order valence-electron chi connectivity index (χ1n) is 12.7. The Morgan fingerprint density at radius 1 is 1.20 bits per heavy atom. The molecule has 0 spiro atoms. The van der Waals surface area contributed by atoms with E-state index in [1.807, 2.05) is 30.8 Å². The van der Waals surface area contributed by atoms with Crippen LogP contribution in [0.1, 0.15) is 56.8 Å². The highest BCUT2D eigenvalue weighted by atomic mass is 19.4. The normalized spacial score (nSPS) is 22.1. The molecule has 2 N–H and O–H groups in total. The van der Waals surface area contributed by atoms with Gasteiger partial charge in [-0.2, -0.15) is 18.3 Å². The van der Waals surface area contributed by atoms with Gasteiger partial charge in [0.1, 0.15) is 11.4 Å². The standard InChI is InChI=1S/C25H30N4O4.C2HF3O2/c1-16(2)33-21-13-20-17(12-18(21)22(30)26-19-6-5-11-28(4)23(19)31)14-29(27-20)25-9-7-24(3,8-10-25)32-15-25;3-2(4,5)1(6)7/h5-6,11-14,16H,7-10,15H2,1-4H3,(H,26,30);(H,6,7). The number of nitrogens with one attached hydrogen (secondary N) is 1. The van der Waals surface area contributed by atoms with E-state index >= 15 is 0 Å². The van der Waals surface area contributed by atoms with Gasteiger partial charge < -0.3 is 24.5 Å². The van der Waals surface area contributed by atoms with Crippen LogP contribution >= 0.6 is 0 Å². The maximum absolute atomic E-state index is 13.2. The van der Waals surface area contributed by atoms with Crippen LogP contribution in [0, 0.1) is 0 Å². The van der Waals surface area contributed by atoms with Gasteiger partial charge in [0.25, 0.3) is 11.5 Å². The number of carbonyl (C=O) groups is 2. The molecule has 40 heavy (non-hydrogen) atoms. The summed E-state index contributed by atoms with van der Waals surface area (Å²) in [6.45, 7) is 6.66. The molecule has 2 bridgehead atoms. The third-order valence-electron chi connectivity index (χ3n) is 7.24. The van der Waals surface area contributed by atoms with Crippen LogP contribution in [-0.2, 0) is 22.1 Å². The second-order valence-corrected chi connectivity index (χ2v) is 10.7. The number of nitrogens with zero attached hydrogens (tertiary/aromatic N) is 3. The summed E-state index contributed by atoms with van der Waals surface area (Å²) in [7, 11) is 1.65. The highest BCUT2D eigenvalue weighted by Gasteiger charge is 2.49. The molecule has 0 unspecified atom stereocenters. The zero-order valence-electron chi connectivity index (χ0n) is 22.5. The number of ether oxygens (including phenoxy) is 2. The van der Waals surface area contributed by atoms with Crippen molar-refractivity contribution in [2.45, 2.75) is 69.9 Å². The van der Waals surface area contributed by atoms with Gasteiger partial charge in [0.05, 0.1) is 34.9 Å². The van der Waals surface area contributed by atoms with Crippen molar-refractivity contribution in [2.24, 2.45) is 7.05 Å². The fraction of sp³-hybridized carbons (Fsp3) is 0.481. The van der Waals surface area contributed by atoms with Crippen LogP contribution in [0.2, 0.25) is 0 Å². The molecule has 3 fully saturated rings. The molecule has 1 saturated carbocycles. The Morgan fingerprint density at radius 3 is 2.40 bits per heavy atom. The molecule has 2 aromatic heterocycles. The van der Waals surface area contributed by atoms with Crippen molar-refractivity contribution in [2.75, 3.05) is 11.9 Å². The number of hydrogen-bond acceptors (Lipinski definition) is 6. The van der Waals surface area contributed by atoms with Gasteiger partial charge in [0.15, 0.2) is 0 Å². The molecule has 4 heterocycles. The van der Waals surface area contributed by atoms with E-state index in [1.54, 1.807) is 31.4 Å². The number of amides is 1. The van der Waals surface area contributed by atoms with E-state index < -0.39 is 18.1 Å². The van der Waals surface area contributed by atoms with Gasteiger partial charge in [-0.25, -0.2) is 4.79 Å². The van der Waals surface area contributed by atoms with Gasteiger partial charge in [-0.1, -0.05) is 0 Å². The van der Waals surface area contributed by atoms with Crippen molar-refractivity contribution in [3.63, 3.8) is 0 Å². The van der Waals surface area contributed by atoms with Gasteiger partial charge in [0.2, 0.25) is 0 Å². The second kappa shape index (κ2) is 10.6. The van der Waals surface area contributed by atoms with Crippen LogP contribution in [0.15, 0.2) is 41.5 Å². The number of alkyl halides is 3. The number of aliphatic carboxylic acids is 1. The Bertz CT molecular complexity index is 1470. The highest BCUT2D eigenvalue weighted by Crippen LogP contribution is 2.47. The van der Waals surface area contributed by atoms with Crippen molar-refractivity contribution in [3.8, 4) is 5.75 Å². The summed E-state index contributed by atoms with van der Waals surface area (Å²) in [5.74, 6) is -2.70. The van der Waals surface area contributed by atoms with Gasteiger partial charge >= 0.3 is 12.1 Å². The smallest absolute Gasteiger partial charge is 0.490 e. The van der Waals surface area contributed by atoms with Crippen molar-refractivity contribution in [1.82, 2.24) is 14.3 Å². The number of anilines is 1. The number of pyridine rings is 1. The van der Waals surface area contributed by atoms with E-state index in [0.29, 0.717) is 17.9 Å². The first-order valence-corrected chi connectivity index (χ1v) is 12.7. The van der Waals surface area contributed by atoms with Crippen molar-refractivity contribution in [3.05, 3.63) is 52.6 Å². The molecule has 13 heteroatoms. The number of aromatic nitrogens is 3. The summed E-state index contributed by atoms with van der Waals surface area (Å²) < 4.78 is 47.3. The average molecular weight is 565 g/mol. The molecule has 0 atom stereocenters. The Hall–Kier alpha value is -3.87. The van der Waals surface area contributed by atoms with Gasteiger partial charge in [-0.05, 0) is 64.7 Å². The van der Waals surface area contributed by atoms with Crippen molar-refractivity contribution < 1.29 is 37.3 Å². The number of halogens is 3. The van der Waals surface area contributed by atoms with Crippen LogP contribution < -0.4 is 15.6 Å². The van der Waals surface area contributed by atoms with Crippen molar-refractivity contribution >= 4 is 28.5 Å². The minimum absolute atomic E-state index is 0.00759.